The van der Waals surface area contributed by atoms with E-state index in [9.17, 15) is 0 Å². The molecule has 0 rings (SSSR count). The van der Waals surface area contributed by atoms with Gasteiger partial charge in [-0.05, 0) is 0 Å². The number of carboxylic acid groups (broad SMARTS) is 2. The molecular weight excluding hydrogens is 234 g/mol. The molecule has 0 spiro atoms. The van der Waals surface area contributed by atoms with Crippen LogP contribution in [0.15, 0.2) is 0 Å². The van der Waals surface area contributed by atoms with Crippen LogP contribution in [0.3, 0.4) is 0 Å². The van der Waals surface area contributed by atoms with Crippen LogP contribution in [0.2, 0.25) is 0 Å². The van der Waals surface area contributed by atoms with E-state index in [1.807, 2.05) is 0 Å². The molecule has 0 bridgehead atoms. The van der Waals surface area contributed by atoms with Gasteiger partial charge >= 0.3 is 43.5 Å². The van der Waals surface area contributed by atoms with Crippen molar-refractivity contribution in [1.29, 1.82) is 0 Å². The molecule has 0 fully saturated rings. The molecule has 0 amide bonds. The maximum atomic E-state index is 8.88. The minimum absolute atomic E-state index is 0. The molecule has 0 aliphatic rings. The number of hydrogen-bond acceptors (Lipinski definition) is 2. The van der Waals surface area contributed by atoms with Crippen molar-refractivity contribution < 1.29 is 51.3 Å². The normalized spacial score (nSPS) is 7.55. The quantitative estimate of drug-likeness (QED) is 0.260. The topological polar surface area (TPSA) is 135 Å². The maximum absolute atomic E-state index is 8.88. The van der Waals surface area contributed by atoms with Crippen LogP contribution < -0.4 is 0 Å². The summed E-state index contributed by atoms with van der Waals surface area (Å²) in [6.07, 6.45) is -1.83. The van der Waals surface area contributed by atoms with Crippen LogP contribution in [-0.2, 0) is 21.6 Å². The molecule has 0 unspecified atom stereocenters. The van der Waals surface area contributed by atoms with Crippen molar-refractivity contribution in [1.82, 2.24) is 0 Å². The predicted molar refractivity (Wildman–Crippen MR) is 32.1 cm³/mol. The first-order chi connectivity index (χ1) is 3.73. The molecule has 0 heterocycles. The van der Waals surface area contributed by atoms with Gasteiger partial charge in [0, 0.05) is 17.1 Å². The van der Waals surface area contributed by atoms with E-state index in [1.54, 1.807) is 0 Å². The molecule has 0 radical (unpaired) electrons. The van der Waals surface area contributed by atoms with Crippen LogP contribution in [0.4, 0.5) is 4.79 Å². The fraction of sp³-hybridized carbons (Fsp3) is 0. The van der Waals surface area contributed by atoms with E-state index in [-0.39, 0.29) is 46.6 Å². The summed E-state index contributed by atoms with van der Waals surface area (Å²) in [5, 5.41) is 13.9. The van der Waals surface area contributed by atoms with E-state index in [0.29, 0.717) is 0 Å². The van der Waals surface area contributed by atoms with Gasteiger partial charge in [-0.3, -0.25) is 0 Å². The molecule has 0 atom stereocenters. The van der Waals surface area contributed by atoms with Gasteiger partial charge in [-0.1, -0.05) is 0 Å². The Bertz CT molecular complexity index is 118. The molecule has 0 aliphatic heterocycles. The van der Waals surface area contributed by atoms with Gasteiger partial charge in [0.2, 0.25) is 0 Å². The van der Waals surface area contributed by atoms with E-state index < -0.39 is 14.0 Å². The van der Waals surface area contributed by atoms with Crippen molar-refractivity contribution in [3.8, 4) is 0 Å². The second kappa shape index (κ2) is 10.9. The molecule has 11 heavy (non-hydrogen) atoms. The van der Waals surface area contributed by atoms with E-state index in [2.05, 4.69) is 0 Å². The molecular formula is CH6FeNaO7P. The van der Waals surface area contributed by atoms with E-state index in [4.69, 9.17) is 34.3 Å². The Kier molecular flexibility index (Phi) is 22.4. The third-order valence-corrected chi connectivity index (χ3v) is 0. The molecule has 10 heteroatoms. The van der Waals surface area contributed by atoms with Crippen LogP contribution in [0.1, 0.15) is 0 Å². The van der Waals surface area contributed by atoms with Crippen molar-refractivity contribution in [2.45, 2.75) is 0 Å². The summed E-state index contributed by atoms with van der Waals surface area (Å²) < 4.78 is 8.88. The standard InChI is InChI=1S/CH2O3.Fe.Na.H3O4P.H/c2-1(3)4;;;1-5(2,3)4;/h(H2,2,3,4);;;(H3,1,2,3,4);. The van der Waals surface area contributed by atoms with Gasteiger partial charge in [0.25, 0.3) is 0 Å². The van der Waals surface area contributed by atoms with Gasteiger partial charge in [-0.15, -0.1) is 0 Å². The Morgan fingerprint density at radius 2 is 1.09 bits per heavy atom. The van der Waals surface area contributed by atoms with Gasteiger partial charge in [-0.25, -0.2) is 9.36 Å². The molecule has 0 saturated carbocycles. The average Bonchev–Trinajstić information content (AvgIpc) is 1.19. The van der Waals surface area contributed by atoms with E-state index in [1.165, 1.54) is 0 Å². The zero-order chi connectivity index (χ0) is 8.08. The second-order valence-electron chi connectivity index (χ2n) is 0.796. The zero-order valence-corrected chi connectivity index (χ0v) is 6.35. The molecule has 0 aromatic carbocycles. The number of phosphoric acid groups is 1. The fourth-order valence-corrected chi connectivity index (χ4v) is 0. The second-order valence-corrected chi connectivity index (χ2v) is 1.82. The fourth-order valence-electron chi connectivity index (χ4n) is 0. The summed E-state index contributed by atoms with van der Waals surface area (Å²) in [6, 6.07) is 0. The summed E-state index contributed by atoms with van der Waals surface area (Å²) in [5.41, 5.74) is 0. The predicted octanol–water partition coefficient (Wildman–Crippen LogP) is -1.36. The van der Waals surface area contributed by atoms with Gasteiger partial charge < -0.3 is 24.9 Å². The summed E-state index contributed by atoms with van der Waals surface area (Å²) in [6.45, 7) is 0. The van der Waals surface area contributed by atoms with Gasteiger partial charge in [0.05, 0.1) is 0 Å². The third kappa shape index (κ3) is 1070. The van der Waals surface area contributed by atoms with Crippen molar-refractivity contribution in [2.75, 3.05) is 0 Å². The molecule has 0 aromatic rings. The Balaban J connectivity index is -0.0000000383. The number of rotatable bonds is 0. The summed E-state index contributed by atoms with van der Waals surface area (Å²) in [5.74, 6) is 0. The molecule has 0 aliphatic carbocycles. The first-order valence-corrected chi connectivity index (χ1v) is 3.00. The molecule has 0 aromatic heterocycles. The Morgan fingerprint density at radius 3 is 1.09 bits per heavy atom. The SMILES string of the molecule is O=C(O)O.O=P(O)(O)O.[Fe].[NaH]. The Labute approximate surface area is 94.4 Å². The summed E-state index contributed by atoms with van der Waals surface area (Å²) in [4.78, 5) is 30.1. The van der Waals surface area contributed by atoms with Crippen molar-refractivity contribution in [2.24, 2.45) is 0 Å². The molecule has 7 nitrogen and oxygen atoms in total. The Hall–Kier alpha value is 0.899. The summed E-state index contributed by atoms with van der Waals surface area (Å²) in [7, 11) is -4.64. The van der Waals surface area contributed by atoms with E-state index >= 15 is 0 Å². The van der Waals surface area contributed by atoms with Crippen LogP contribution in [0.25, 0.3) is 0 Å². The number of carbonyl (C=O) groups is 1. The van der Waals surface area contributed by atoms with Gasteiger partial charge in [0.1, 0.15) is 0 Å². The van der Waals surface area contributed by atoms with Crippen molar-refractivity contribution >= 4 is 43.5 Å². The van der Waals surface area contributed by atoms with Gasteiger partial charge in [-0.2, -0.15) is 0 Å². The van der Waals surface area contributed by atoms with Gasteiger partial charge in [0.15, 0.2) is 0 Å². The molecule has 0 saturated heterocycles. The van der Waals surface area contributed by atoms with Crippen LogP contribution in [-0.4, -0.2) is 60.6 Å². The molecule has 5 N–H and O–H groups in total. The van der Waals surface area contributed by atoms with E-state index in [0.717, 1.165) is 0 Å². The van der Waals surface area contributed by atoms with Crippen molar-refractivity contribution in [3.05, 3.63) is 0 Å². The third-order valence-electron chi connectivity index (χ3n) is 0. The first kappa shape index (κ1) is 22.7. The monoisotopic (exact) mass is 240 g/mol. The van der Waals surface area contributed by atoms with Crippen LogP contribution in [0, 0.1) is 0 Å². The van der Waals surface area contributed by atoms with Crippen LogP contribution in [0.5, 0.6) is 0 Å². The number of hydrogen-bond donors (Lipinski definition) is 5. The summed E-state index contributed by atoms with van der Waals surface area (Å²) >= 11 is 0. The minimum atomic E-state index is -4.64. The van der Waals surface area contributed by atoms with Crippen LogP contribution >= 0.6 is 7.82 Å². The molecule has 66 valence electrons. The van der Waals surface area contributed by atoms with Crippen molar-refractivity contribution in [3.63, 3.8) is 0 Å². The Morgan fingerprint density at radius 1 is 1.09 bits per heavy atom. The average molecular weight is 240 g/mol. The first-order valence-electron chi connectivity index (χ1n) is 1.43. The zero-order valence-electron chi connectivity index (χ0n) is 4.35.